The number of nitrogens with one attached hydrogen (secondary N) is 1. The van der Waals surface area contributed by atoms with E-state index in [0.717, 1.165) is 40.1 Å². The molecule has 3 nitrogen and oxygen atoms in total. The average molecular weight is 367 g/mol. The molecule has 4 rings (SSSR count). The quantitative estimate of drug-likeness (QED) is 0.672. The van der Waals surface area contributed by atoms with Crippen molar-refractivity contribution in [2.45, 2.75) is 31.4 Å². The van der Waals surface area contributed by atoms with Crippen LogP contribution in [0, 0.1) is 0 Å². The van der Waals surface area contributed by atoms with E-state index in [9.17, 15) is 0 Å². The van der Waals surface area contributed by atoms with Crippen LogP contribution in [0.3, 0.4) is 0 Å². The van der Waals surface area contributed by atoms with Crippen molar-refractivity contribution < 1.29 is 4.74 Å². The molecular weight excluding hydrogens is 344 g/mol. The third-order valence-corrected chi connectivity index (χ3v) is 5.41. The molecule has 1 saturated heterocycles. The number of fused-ring (bicyclic) bond motifs is 1. The summed E-state index contributed by atoms with van der Waals surface area (Å²) >= 11 is 6.05. The number of nitrogens with zero attached hydrogens (tertiary/aromatic N) is 1. The zero-order valence-corrected chi connectivity index (χ0v) is 15.7. The first-order valence-electron chi connectivity index (χ1n) is 9.18. The Morgan fingerprint density at radius 3 is 2.65 bits per heavy atom. The molecule has 0 spiro atoms. The molecular formula is C22H23ClN2O. The maximum Gasteiger partial charge on any atom is 0.0981 e. The summed E-state index contributed by atoms with van der Waals surface area (Å²) in [6.45, 7) is 1.05. The van der Waals surface area contributed by atoms with Crippen LogP contribution in [0.5, 0.6) is 0 Å². The third-order valence-electron chi connectivity index (χ3n) is 5.16. The minimum atomic E-state index is 0.00857. The fourth-order valence-corrected chi connectivity index (χ4v) is 3.98. The van der Waals surface area contributed by atoms with Gasteiger partial charge < -0.3 is 10.1 Å². The van der Waals surface area contributed by atoms with Crippen molar-refractivity contribution in [2.24, 2.45) is 0 Å². The first-order chi connectivity index (χ1) is 12.8. The highest BCUT2D eigenvalue weighted by atomic mass is 35.5. The van der Waals surface area contributed by atoms with Gasteiger partial charge in [-0.05, 0) is 49.2 Å². The van der Waals surface area contributed by atoms with Crippen molar-refractivity contribution in [1.29, 1.82) is 0 Å². The molecule has 1 fully saturated rings. The van der Waals surface area contributed by atoms with Gasteiger partial charge in [0.15, 0.2) is 0 Å². The lowest BCUT2D eigenvalue weighted by Gasteiger charge is -2.31. The molecule has 3 aromatic rings. The molecule has 0 radical (unpaired) electrons. The van der Waals surface area contributed by atoms with Gasteiger partial charge in [-0.25, -0.2) is 4.98 Å². The number of para-hydroxylation sites is 1. The number of rotatable bonds is 4. The van der Waals surface area contributed by atoms with E-state index in [2.05, 4.69) is 29.6 Å². The SMILES string of the molecule is COC(c1cc(-c2ccc(Cl)cc2)nc2ccccc12)C1CCCCN1. The second-order valence-corrected chi connectivity index (χ2v) is 7.27. The Morgan fingerprint density at radius 1 is 1.12 bits per heavy atom. The average Bonchev–Trinajstić information content (AvgIpc) is 2.70. The van der Waals surface area contributed by atoms with Gasteiger partial charge in [-0.15, -0.1) is 0 Å². The van der Waals surface area contributed by atoms with Crippen LogP contribution >= 0.6 is 11.6 Å². The predicted octanol–water partition coefficient (Wildman–Crippen LogP) is 5.38. The van der Waals surface area contributed by atoms with Gasteiger partial charge in [0.05, 0.1) is 17.3 Å². The van der Waals surface area contributed by atoms with Crippen molar-refractivity contribution in [2.75, 3.05) is 13.7 Å². The van der Waals surface area contributed by atoms with E-state index in [1.807, 2.05) is 30.3 Å². The molecule has 0 bridgehead atoms. The van der Waals surface area contributed by atoms with Gasteiger partial charge in [-0.3, -0.25) is 0 Å². The lowest BCUT2D eigenvalue weighted by Crippen LogP contribution is -2.39. The molecule has 2 unspecified atom stereocenters. The molecule has 1 aliphatic heterocycles. The highest BCUT2D eigenvalue weighted by Gasteiger charge is 2.26. The Morgan fingerprint density at radius 2 is 1.92 bits per heavy atom. The maximum atomic E-state index is 6.05. The Balaban J connectivity index is 1.84. The number of ether oxygens (including phenoxy) is 1. The normalized spacial score (nSPS) is 18.8. The Labute approximate surface area is 159 Å². The molecule has 134 valence electrons. The molecule has 0 aliphatic carbocycles. The second kappa shape index (κ2) is 7.75. The van der Waals surface area contributed by atoms with Crippen molar-refractivity contribution in [3.8, 4) is 11.3 Å². The minimum absolute atomic E-state index is 0.00857. The van der Waals surface area contributed by atoms with Crippen LogP contribution in [-0.2, 0) is 4.74 Å². The first kappa shape index (κ1) is 17.5. The smallest absolute Gasteiger partial charge is 0.0981 e. The monoisotopic (exact) mass is 366 g/mol. The standard InChI is InChI=1S/C22H23ClN2O/c1-26-22(20-8-4-5-13-24-20)18-14-21(15-9-11-16(23)12-10-15)25-19-7-3-2-6-17(18)19/h2-3,6-7,9-12,14,20,22,24H,4-5,8,13H2,1H3. The van der Waals surface area contributed by atoms with Crippen molar-refractivity contribution in [3.63, 3.8) is 0 Å². The minimum Gasteiger partial charge on any atom is -0.375 e. The first-order valence-corrected chi connectivity index (χ1v) is 9.56. The number of aromatic nitrogens is 1. The molecule has 0 saturated carbocycles. The zero-order valence-electron chi connectivity index (χ0n) is 14.9. The predicted molar refractivity (Wildman–Crippen MR) is 108 cm³/mol. The summed E-state index contributed by atoms with van der Waals surface area (Å²) in [5, 5.41) is 5.53. The third kappa shape index (κ3) is 3.48. The molecule has 0 amide bonds. The summed E-state index contributed by atoms with van der Waals surface area (Å²) in [5.74, 6) is 0. The lowest BCUT2D eigenvalue weighted by atomic mass is 9.91. The van der Waals surface area contributed by atoms with Gasteiger partial charge in [-0.2, -0.15) is 0 Å². The second-order valence-electron chi connectivity index (χ2n) is 6.83. The number of methoxy groups -OCH3 is 1. The summed E-state index contributed by atoms with van der Waals surface area (Å²) < 4.78 is 5.98. The van der Waals surface area contributed by atoms with Crippen molar-refractivity contribution in [1.82, 2.24) is 10.3 Å². The van der Waals surface area contributed by atoms with E-state index >= 15 is 0 Å². The summed E-state index contributed by atoms with van der Waals surface area (Å²) in [4.78, 5) is 4.88. The highest BCUT2D eigenvalue weighted by molar-refractivity contribution is 6.30. The highest BCUT2D eigenvalue weighted by Crippen LogP contribution is 2.34. The summed E-state index contributed by atoms with van der Waals surface area (Å²) in [7, 11) is 1.80. The molecule has 26 heavy (non-hydrogen) atoms. The Bertz CT molecular complexity index is 888. The van der Waals surface area contributed by atoms with E-state index < -0.39 is 0 Å². The lowest BCUT2D eigenvalue weighted by molar-refractivity contribution is 0.0596. The van der Waals surface area contributed by atoms with Crippen LogP contribution < -0.4 is 5.32 Å². The van der Waals surface area contributed by atoms with E-state index in [1.54, 1.807) is 7.11 Å². The summed E-state index contributed by atoms with van der Waals surface area (Å²) in [5.41, 5.74) is 4.20. The Hall–Kier alpha value is -1.94. The number of hydrogen-bond acceptors (Lipinski definition) is 3. The van der Waals surface area contributed by atoms with Crippen LogP contribution in [0.1, 0.15) is 30.9 Å². The molecule has 1 N–H and O–H groups in total. The van der Waals surface area contributed by atoms with E-state index in [4.69, 9.17) is 21.3 Å². The van der Waals surface area contributed by atoms with Crippen LogP contribution in [0.15, 0.2) is 54.6 Å². The fourth-order valence-electron chi connectivity index (χ4n) is 3.85. The zero-order chi connectivity index (χ0) is 17.9. The Kier molecular flexibility index (Phi) is 5.21. The molecule has 2 aromatic carbocycles. The van der Waals surface area contributed by atoms with Crippen LogP contribution in [-0.4, -0.2) is 24.7 Å². The van der Waals surface area contributed by atoms with Crippen LogP contribution in [0.25, 0.3) is 22.2 Å². The maximum absolute atomic E-state index is 6.05. The van der Waals surface area contributed by atoms with Gasteiger partial charge in [0, 0.05) is 29.1 Å². The largest absolute Gasteiger partial charge is 0.375 e. The number of pyridine rings is 1. The van der Waals surface area contributed by atoms with Crippen LogP contribution in [0.4, 0.5) is 0 Å². The van der Waals surface area contributed by atoms with Gasteiger partial charge >= 0.3 is 0 Å². The molecule has 2 atom stereocenters. The number of piperidine rings is 1. The summed E-state index contributed by atoms with van der Waals surface area (Å²) in [6.07, 6.45) is 3.62. The van der Waals surface area contributed by atoms with Crippen LogP contribution in [0.2, 0.25) is 5.02 Å². The molecule has 2 heterocycles. The van der Waals surface area contributed by atoms with Gasteiger partial charge in [-0.1, -0.05) is 48.4 Å². The number of benzene rings is 2. The van der Waals surface area contributed by atoms with Crippen molar-refractivity contribution >= 4 is 22.5 Å². The van der Waals surface area contributed by atoms with Gasteiger partial charge in [0.2, 0.25) is 0 Å². The number of hydrogen-bond donors (Lipinski definition) is 1. The van der Waals surface area contributed by atoms with E-state index in [0.29, 0.717) is 6.04 Å². The van der Waals surface area contributed by atoms with Gasteiger partial charge in [0.1, 0.15) is 0 Å². The fraction of sp³-hybridized carbons (Fsp3) is 0.318. The molecule has 1 aromatic heterocycles. The molecule has 1 aliphatic rings. The van der Waals surface area contributed by atoms with E-state index in [-0.39, 0.29) is 6.10 Å². The topological polar surface area (TPSA) is 34.1 Å². The molecule has 4 heteroatoms. The van der Waals surface area contributed by atoms with Gasteiger partial charge in [0.25, 0.3) is 0 Å². The number of halogens is 1. The summed E-state index contributed by atoms with van der Waals surface area (Å²) in [6, 6.07) is 18.7. The van der Waals surface area contributed by atoms with Crippen molar-refractivity contribution in [3.05, 3.63) is 65.2 Å². The van der Waals surface area contributed by atoms with E-state index in [1.165, 1.54) is 18.4 Å².